The van der Waals surface area contributed by atoms with E-state index in [1.54, 1.807) is 12.1 Å². The molecule has 184 valence electrons. The summed E-state index contributed by atoms with van der Waals surface area (Å²) in [5.74, 6) is 1.26. The lowest BCUT2D eigenvalue weighted by molar-refractivity contribution is 0.0256. The fourth-order valence-electron chi connectivity index (χ4n) is 4.42. The smallest absolute Gasteiger partial charge is 0.251 e. The number of rotatable bonds is 9. The maximum Gasteiger partial charge on any atom is 0.251 e. The van der Waals surface area contributed by atoms with E-state index in [4.69, 9.17) is 25.8 Å². The molecule has 2 aromatic carbocycles. The molecule has 1 atom stereocenters. The van der Waals surface area contributed by atoms with Gasteiger partial charge in [0.05, 0.1) is 30.9 Å². The molecule has 7 nitrogen and oxygen atoms in total. The quantitative estimate of drug-likeness (QED) is 0.563. The predicted molar refractivity (Wildman–Crippen MR) is 131 cm³/mol. The van der Waals surface area contributed by atoms with E-state index in [0.717, 1.165) is 61.6 Å². The Morgan fingerprint density at radius 1 is 1.24 bits per heavy atom. The third-order valence-electron chi connectivity index (χ3n) is 6.23. The van der Waals surface area contributed by atoms with Crippen LogP contribution in [0.5, 0.6) is 11.5 Å². The summed E-state index contributed by atoms with van der Waals surface area (Å²) in [6.07, 6.45) is 2.05. The van der Waals surface area contributed by atoms with Crippen LogP contribution in [0.2, 0.25) is 5.02 Å². The van der Waals surface area contributed by atoms with E-state index < -0.39 is 6.10 Å². The van der Waals surface area contributed by atoms with E-state index in [1.165, 1.54) is 0 Å². The van der Waals surface area contributed by atoms with E-state index in [1.807, 2.05) is 31.2 Å². The molecule has 0 spiro atoms. The summed E-state index contributed by atoms with van der Waals surface area (Å²) in [6.45, 7) is 6.13. The number of fused-ring (bicyclic) bond motifs is 1. The van der Waals surface area contributed by atoms with Crippen LogP contribution in [-0.2, 0) is 17.7 Å². The Balaban J connectivity index is 1.23. The van der Waals surface area contributed by atoms with Crippen LogP contribution in [0.1, 0.15) is 41.3 Å². The number of carbonyl (C=O) groups excluding carboxylic acids is 1. The fourth-order valence-corrected chi connectivity index (χ4v) is 4.75. The minimum atomic E-state index is -0.667. The third kappa shape index (κ3) is 6.42. The van der Waals surface area contributed by atoms with Crippen molar-refractivity contribution in [1.29, 1.82) is 0 Å². The minimum Gasteiger partial charge on any atom is -0.492 e. The molecule has 0 unspecified atom stereocenters. The predicted octanol–water partition coefficient (Wildman–Crippen LogP) is 3.45. The van der Waals surface area contributed by atoms with Crippen molar-refractivity contribution in [2.45, 2.75) is 44.9 Å². The van der Waals surface area contributed by atoms with Crippen LogP contribution in [0.3, 0.4) is 0 Å². The summed E-state index contributed by atoms with van der Waals surface area (Å²) < 4.78 is 16.9. The lowest BCUT2D eigenvalue weighted by Gasteiger charge is -2.31. The standard InChI is InChI=1S/C26H33ClN2O5/c1-2-33-24-8-5-19-16-29(12-9-23(19)25(24)27)17-20(30)15-28-26(31)18-3-6-21(7-4-18)34-22-10-13-32-14-11-22/h3-8,20,22,30H,2,9-17H2,1H3,(H,28,31)/t20-/m0/s1. The summed E-state index contributed by atoms with van der Waals surface area (Å²) in [6, 6.07) is 11.1. The van der Waals surface area contributed by atoms with Gasteiger partial charge in [-0.25, -0.2) is 0 Å². The normalized spacial score (nSPS) is 17.6. The number of ether oxygens (including phenoxy) is 3. The number of nitrogens with zero attached hydrogens (tertiary/aromatic N) is 1. The van der Waals surface area contributed by atoms with Crippen LogP contribution in [0.25, 0.3) is 0 Å². The Labute approximate surface area is 205 Å². The zero-order valence-electron chi connectivity index (χ0n) is 19.6. The average molecular weight is 489 g/mol. The molecule has 2 aliphatic rings. The second kappa shape index (κ2) is 11.9. The molecule has 1 amide bonds. The molecule has 8 heteroatoms. The van der Waals surface area contributed by atoms with Crippen LogP contribution in [-0.4, -0.2) is 67.6 Å². The van der Waals surface area contributed by atoms with Gasteiger partial charge in [0.2, 0.25) is 0 Å². The second-order valence-electron chi connectivity index (χ2n) is 8.75. The van der Waals surface area contributed by atoms with Crippen molar-refractivity contribution < 1.29 is 24.1 Å². The maximum absolute atomic E-state index is 12.5. The molecule has 34 heavy (non-hydrogen) atoms. The number of β-amino-alcohol motifs (C(OH)–C–C–N with tert-alkyl or cyclic N) is 1. The zero-order valence-corrected chi connectivity index (χ0v) is 20.4. The average Bonchev–Trinajstić information content (AvgIpc) is 2.85. The first-order chi connectivity index (χ1) is 16.5. The summed E-state index contributed by atoms with van der Waals surface area (Å²) in [7, 11) is 0. The Morgan fingerprint density at radius 2 is 2.00 bits per heavy atom. The van der Waals surface area contributed by atoms with Crippen LogP contribution < -0.4 is 14.8 Å². The van der Waals surface area contributed by atoms with E-state index >= 15 is 0 Å². The zero-order chi connectivity index (χ0) is 23.9. The number of aliphatic hydroxyl groups excluding tert-OH is 1. The van der Waals surface area contributed by atoms with Gasteiger partial charge in [0.1, 0.15) is 17.6 Å². The van der Waals surface area contributed by atoms with Crippen LogP contribution in [0.15, 0.2) is 36.4 Å². The van der Waals surface area contributed by atoms with Crippen molar-refractivity contribution in [1.82, 2.24) is 10.2 Å². The highest BCUT2D eigenvalue weighted by atomic mass is 35.5. The molecule has 0 bridgehead atoms. The molecular weight excluding hydrogens is 456 g/mol. The molecule has 0 aliphatic carbocycles. The minimum absolute atomic E-state index is 0.160. The number of halogens is 1. The highest BCUT2D eigenvalue weighted by Crippen LogP contribution is 2.34. The van der Waals surface area contributed by atoms with Gasteiger partial charge in [-0.05, 0) is 54.8 Å². The largest absolute Gasteiger partial charge is 0.492 e. The van der Waals surface area contributed by atoms with Crippen LogP contribution in [0, 0.1) is 0 Å². The third-order valence-corrected chi connectivity index (χ3v) is 6.65. The number of benzene rings is 2. The first-order valence-electron chi connectivity index (χ1n) is 12.0. The van der Waals surface area contributed by atoms with Crippen LogP contribution in [0.4, 0.5) is 0 Å². The lowest BCUT2D eigenvalue weighted by atomic mass is 9.99. The number of aliphatic hydroxyl groups is 1. The Morgan fingerprint density at radius 3 is 2.74 bits per heavy atom. The molecule has 2 aliphatic heterocycles. The molecule has 2 aromatic rings. The number of hydrogen-bond donors (Lipinski definition) is 2. The molecule has 1 saturated heterocycles. The Kier molecular flexibility index (Phi) is 8.67. The Bertz CT molecular complexity index is 962. The summed E-state index contributed by atoms with van der Waals surface area (Å²) in [5.41, 5.74) is 2.81. The van der Waals surface area contributed by atoms with Gasteiger partial charge in [0, 0.05) is 44.6 Å². The summed E-state index contributed by atoms with van der Waals surface area (Å²) in [4.78, 5) is 14.7. The van der Waals surface area contributed by atoms with E-state index in [0.29, 0.717) is 30.3 Å². The fraction of sp³-hybridized carbons (Fsp3) is 0.500. The Hall–Kier alpha value is -2.32. The lowest BCUT2D eigenvalue weighted by Crippen LogP contribution is -2.42. The van der Waals surface area contributed by atoms with Crippen LogP contribution >= 0.6 is 11.6 Å². The van der Waals surface area contributed by atoms with Gasteiger partial charge >= 0.3 is 0 Å². The summed E-state index contributed by atoms with van der Waals surface area (Å²) >= 11 is 6.51. The van der Waals surface area contributed by atoms with Gasteiger partial charge in [-0.3, -0.25) is 9.69 Å². The van der Waals surface area contributed by atoms with Crippen molar-refractivity contribution in [3.8, 4) is 11.5 Å². The van der Waals surface area contributed by atoms with E-state index in [9.17, 15) is 9.90 Å². The van der Waals surface area contributed by atoms with Gasteiger partial charge < -0.3 is 24.6 Å². The highest BCUT2D eigenvalue weighted by Gasteiger charge is 2.23. The van der Waals surface area contributed by atoms with Gasteiger partial charge in [-0.15, -0.1) is 0 Å². The number of nitrogens with one attached hydrogen (secondary N) is 1. The van der Waals surface area contributed by atoms with Crippen molar-refractivity contribution in [3.63, 3.8) is 0 Å². The topological polar surface area (TPSA) is 80.3 Å². The first-order valence-corrected chi connectivity index (χ1v) is 12.4. The monoisotopic (exact) mass is 488 g/mol. The van der Waals surface area contributed by atoms with Gasteiger partial charge in [0.15, 0.2) is 0 Å². The number of carbonyl (C=O) groups is 1. The molecular formula is C26H33ClN2O5. The molecule has 2 heterocycles. The van der Waals surface area contributed by atoms with E-state index in [2.05, 4.69) is 10.2 Å². The highest BCUT2D eigenvalue weighted by molar-refractivity contribution is 6.33. The molecule has 2 N–H and O–H groups in total. The molecule has 0 radical (unpaired) electrons. The van der Waals surface area contributed by atoms with Gasteiger partial charge in [-0.1, -0.05) is 17.7 Å². The number of hydrogen-bond acceptors (Lipinski definition) is 6. The van der Waals surface area contributed by atoms with Crippen molar-refractivity contribution in [2.24, 2.45) is 0 Å². The summed E-state index contributed by atoms with van der Waals surface area (Å²) in [5, 5.41) is 14.0. The maximum atomic E-state index is 12.5. The van der Waals surface area contributed by atoms with Gasteiger partial charge in [0.25, 0.3) is 5.91 Å². The number of amides is 1. The first kappa shape index (κ1) is 24.8. The van der Waals surface area contributed by atoms with Gasteiger partial charge in [-0.2, -0.15) is 0 Å². The molecule has 0 aromatic heterocycles. The van der Waals surface area contributed by atoms with Crippen molar-refractivity contribution in [3.05, 3.63) is 58.1 Å². The van der Waals surface area contributed by atoms with E-state index in [-0.39, 0.29) is 18.6 Å². The van der Waals surface area contributed by atoms with Crippen molar-refractivity contribution in [2.75, 3.05) is 39.5 Å². The second-order valence-corrected chi connectivity index (χ2v) is 9.13. The van der Waals surface area contributed by atoms with Crippen molar-refractivity contribution >= 4 is 17.5 Å². The molecule has 0 saturated carbocycles. The molecule has 4 rings (SSSR count). The SMILES string of the molecule is CCOc1ccc2c(c1Cl)CCN(C[C@@H](O)CNC(=O)c1ccc(OC3CCOCC3)cc1)C2. The molecule has 1 fully saturated rings.